The van der Waals surface area contributed by atoms with Crippen LogP contribution in [0.2, 0.25) is 0 Å². The minimum absolute atomic E-state index is 0.0605. The van der Waals surface area contributed by atoms with Crippen LogP contribution < -0.4 is 19.7 Å². The van der Waals surface area contributed by atoms with Gasteiger partial charge in [-0.3, -0.25) is 9.59 Å². The van der Waals surface area contributed by atoms with Gasteiger partial charge in [0, 0.05) is 17.6 Å². The highest BCUT2D eigenvalue weighted by molar-refractivity contribution is 9.10. The highest BCUT2D eigenvalue weighted by Crippen LogP contribution is 2.34. The van der Waals surface area contributed by atoms with Crippen molar-refractivity contribution in [1.82, 2.24) is 10.2 Å². The van der Waals surface area contributed by atoms with Gasteiger partial charge >= 0.3 is 0 Å². The third-order valence-corrected chi connectivity index (χ3v) is 5.87. The lowest BCUT2D eigenvalue weighted by atomic mass is 10.1. The third-order valence-electron chi connectivity index (χ3n) is 4.96. The van der Waals surface area contributed by atoms with Gasteiger partial charge in [0.2, 0.25) is 12.7 Å². The maximum absolute atomic E-state index is 13.2. The van der Waals surface area contributed by atoms with Gasteiger partial charge in [0.25, 0.3) is 5.91 Å². The molecule has 0 aromatic heterocycles. The Bertz CT molecular complexity index is 998. The van der Waals surface area contributed by atoms with Crippen LogP contribution in [0.4, 0.5) is 5.69 Å². The van der Waals surface area contributed by atoms with E-state index in [1.54, 1.807) is 29.2 Å². The van der Waals surface area contributed by atoms with E-state index in [9.17, 15) is 9.59 Å². The van der Waals surface area contributed by atoms with E-state index in [-0.39, 0.29) is 25.0 Å². The van der Waals surface area contributed by atoms with E-state index >= 15 is 0 Å². The maximum atomic E-state index is 13.2. The molecule has 9 heteroatoms. The lowest BCUT2D eigenvalue weighted by molar-refractivity contribution is -0.122. The van der Waals surface area contributed by atoms with Crippen LogP contribution in [0.15, 0.2) is 46.9 Å². The zero-order valence-corrected chi connectivity index (χ0v) is 18.7. The molecule has 0 aliphatic carbocycles. The Morgan fingerprint density at radius 2 is 1.93 bits per heavy atom. The average Bonchev–Trinajstić information content (AvgIpc) is 3.31. The summed E-state index contributed by atoms with van der Waals surface area (Å²) >= 11 is 8.92. The number of fused-ring (bicyclic) bond motifs is 1. The van der Waals surface area contributed by atoms with E-state index in [4.69, 9.17) is 21.7 Å². The zero-order valence-electron chi connectivity index (χ0n) is 16.3. The molecule has 1 saturated heterocycles. The molecule has 0 spiro atoms. The number of nitrogens with zero attached hydrogens (tertiary/aromatic N) is 2. The number of nitrogens with one attached hydrogen (secondary N) is 1. The van der Waals surface area contributed by atoms with Gasteiger partial charge in [-0.25, -0.2) is 4.90 Å². The number of rotatable bonds is 5. The Morgan fingerprint density at radius 3 is 2.67 bits per heavy atom. The molecule has 7 nitrogen and oxygen atoms in total. The Labute approximate surface area is 188 Å². The second-order valence-electron chi connectivity index (χ2n) is 6.91. The number of carbonyl (C=O) groups is 2. The molecule has 156 valence electrons. The van der Waals surface area contributed by atoms with Gasteiger partial charge < -0.3 is 19.7 Å². The summed E-state index contributed by atoms with van der Waals surface area (Å²) < 4.78 is 11.7. The standard InChI is InChI=1S/C21H20BrN3O4S/c1-2-23-21(30)24(11-13-3-8-17-18(9-13)29-12-28-17)16-10-19(26)25(20(16)27)15-6-4-14(22)5-7-15/h3-9,16H,2,10-12H2,1H3,(H,23,30)/t16-/m1/s1. The summed E-state index contributed by atoms with van der Waals surface area (Å²) in [6.45, 7) is 3.10. The van der Waals surface area contributed by atoms with E-state index < -0.39 is 6.04 Å². The predicted octanol–water partition coefficient (Wildman–Crippen LogP) is 3.21. The molecule has 0 unspecified atom stereocenters. The molecule has 1 atom stereocenters. The number of amides is 2. The highest BCUT2D eigenvalue weighted by atomic mass is 79.9. The number of anilines is 1. The molecule has 0 saturated carbocycles. The van der Waals surface area contributed by atoms with E-state index in [0.717, 1.165) is 10.0 Å². The summed E-state index contributed by atoms with van der Waals surface area (Å²) in [5.74, 6) is 0.811. The third kappa shape index (κ3) is 3.99. The molecule has 0 radical (unpaired) electrons. The number of benzene rings is 2. The van der Waals surface area contributed by atoms with Gasteiger partial charge in [-0.2, -0.15) is 0 Å². The topological polar surface area (TPSA) is 71.1 Å². The Hall–Kier alpha value is -2.65. The van der Waals surface area contributed by atoms with Crippen molar-refractivity contribution in [2.45, 2.75) is 25.9 Å². The van der Waals surface area contributed by atoms with E-state index in [1.165, 1.54) is 4.90 Å². The molecule has 0 bridgehead atoms. The summed E-state index contributed by atoms with van der Waals surface area (Å²) in [6, 6.07) is 12.0. The lowest BCUT2D eigenvalue weighted by Crippen LogP contribution is -2.49. The second-order valence-corrected chi connectivity index (χ2v) is 8.22. The first kappa shape index (κ1) is 20.6. The number of thiocarbonyl (C=S) groups is 1. The number of carbonyl (C=O) groups excluding carboxylic acids is 2. The van der Waals surface area contributed by atoms with Gasteiger partial charge in [-0.1, -0.05) is 22.0 Å². The van der Waals surface area contributed by atoms with Gasteiger partial charge in [0.1, 0.15) is 6.04 Å². The number of halogens is 1. The summed E-state index contributed by atoms with van der Waals surface area (Å²) in [5, 5.41) is 3.54. The van der Waals surface area contributed by atoms with Crippen molar-refractivity contribution >= 4 is 50.8 Å². The van der Waals surface area contributed by atoms with Crippen molar-refractivity contribution in [3.63, 3.8) is 0 Å². The molecule has 2 aliphatic heterocycles. The molecule has 2 heterocycles. The van der Waals surface area contributed by atoms with E-state index in [2.05, 4.69) is 21.2 Å². The monoisotopic (exact) mass is 489 g/mol. The fraction of sp³-hybridized carbons (Fsp3) is 0.286. The molecule has 2 aliphatic rings. The molecule has 2 amide bonds. The fourth-order valence-electron chi connectivity index (χ4n) is 3.53. The van der Waals surface area contributed by atoms with Crippen LogP contribution in [-0.2, 0) is 16.1 Å². The minimum Gasteiger partial charge on any atom is -0.454 e. The van der Waals surface area contributed by atoms with Crippen molar-refractivity contribution in [2.75, 3.05) is 18.2 Å². The van der Waals surface area contributed by atoms with Gasteiger partial charge in [0.05, 0.1) is 12.1 Å². The maximum Gasteiger partial charge on any atom is 0.257 e. The number of hydrogen-bond acceptors (Lipinski definition) is 5. The normalized spacial score (nSPS) is 17.4. The van der Waals surface area contributed by atoms with Gasteiger partial charge in [-0.05, 0) is 61.1 Å². The van der Waals surface area contributed by atoms with Crippen molar-refractivity contribution in [3.8, 4) is 11.5 Å². The van der Waals surface area contributed by atoms with Crippen LogP contribution in [0, 0.1) is 0 Å². The summed E-state index contributed by atoms with van der Waals surface area (Å²) in [6.07, 6.45) is 0.0605. The Kier molecular flexibility index (Phi) is 5.92. The largest absolute Gasteiger partial charge is 0.454 e. The van der Waals surface area contributed by atoms with Crippen molar-refractivity contribution in [2.24, 2.45) is 0 Å². The number of imide groups is 1. The van der Waals surface area contributed by atoms with Crippen LogP contribution in [0.25, 0.3) is 0 Å². The molecule has 2 aromatic rings. The minimum atomic E-state index is -0.682. The summed E-state index contributed by atoms with van der Waals surface area (Å²) in [7, 11) is 0. The second kappa shape index (κ2) is 8.61. The quantitative estimate of drug-likeness (QED) is 0.510. The van der Waals surface area contributed by atoms with Crippen molar-refractivity contribution in [1.29, 1.82) is 0 Å². The summed E-state index contributed by atoms with van der Waals surface area (Å²) in [4.78, 5) is 29.0. The van der Waals surface area contributed by atoms with Gasteiger partial charge in [0.15, 0.2) is 16.6 Å². The van der Waals surface area contributed by atoms with Crippen LogP contribution in [0.1, 0.15) is 18.9 Å². The van der Waals surface area contributed by atoms with Crippen LogP contribution >= 0.6 is 28.1 Å². The molecular weight excluding hydrogens is 470 g/mol. The first-order chi connectivity index (χ1) is 14.5. The Balaban J connectivity index is 1.60. The smallest absolute Gasteiger partial charge is 0.257 e. The zero-order chi connectivity index (χ0) is 21.3. The fourth-order valence-corrected chi connectivity index (χ4v) is 4.13. The van der Waals surface area contributed by atoms with Crippen LogP contribution in [0.3, 0.4) is 0 Å². The highest BCUT2D eigenvalue weighted by Gasteiger charge is 2.43. The molecule has 2 aromatic carbocycles. The number of hydrogen-bond donors (Lipinski definition) is 1. The van der Waals surface area contributed by atoms with Crippen molar-refractivity contribution < 1.29 is 19.1 Å². The van der Waals surface area contributed by atoms with E-state index in [1.807, 2.05) is 25.1 Å². The summed E-state index contributed by atoms with van der Waals surface area (Å²) in [5.41, 5.74) is 1.45. The first-order valence-corrected chi connectivity index (χ1v) is 10.7. The average molecular weight is 490 g/mol. The molecule has 1 N–H and O–H groups in total. The van der Waals surface area contributed by atoms with E-state index in [0.29, 0.717) is 35.4 Å². The van der Waals surface area contributed by atoms with Crippen LogP contribution in [0.5, 0.6) is 11.5 Å². The Morgan fingerprint density at radius 1 is 1.20 bits per heavy atom. The number of ether oxygens (including phenoxy) is 2. The molecular formula is C21H20BrN3O4S. The first-order valence-electron chi connectivity index (χ1n) is 9.53. The molecule has 1 fully saturated rings. The predicted molar refractivity (Wildman–Crippen MR) is 119 cm³/mol. The van der Waals surface area contributed by atoms with Crippen LogP contribution in [-0.4, -0.2) is 41.2 Å². The van der Waals surface area contributed by atoms with Gasteiger partial charge in [-0.15, -0.1) is 0 Å². The SMILES string of the molecule is CCNC(=S)N(Cc1ccc2c(c1)OCO2)[C@@H]1CC(=O)N(c2ccc(Br)cc2)C1=O. The molecule has 30 heavy (non-hydrogen) atoms. The molecule has 4 rings (SSSR count). The van der Waals surface area contributed by atoms with Crippen molar-refractivity contribution in [3.05, 3.63) is 52.5 Å². The lowest BCUT2D eigenvalue weighted by Gasteiger charge is -2.30.